The third-order valence-electron chi connectivity index (χ3n) is 3.37. The number of hydrogen-bond donors (Lipinski definition) is 1. The fourth-order valence-corrected chi connectivity index (χ4v) is 2.28. The molecule has 22 heavy (non-hydrogen) atoms. The number of aromatic nitrogens is 3. The van der Waals surface area contributed by atoms with E-state index in [1.807, 2.05) is 37.3 Å². The van der Waals surface area contributed by atoms with E-state index in [9.17, 15) is 4.79 Å². The van der Waals surface area contributed by atoms with E-state index >= 15 is 0 Å². The van der Waals surface area contributed by atoms with Crippen LogP contribution in [0.15, 0.2) is 48.8 Å². The van der Waals surface area contributed by atoms with Gasteiger partial charge in [-0.25, -0.2) is 0 Å². The van der Waals surface area contributed by atoms with Crippen LogP contribution in [-0.4, -0.2) is 27.6 Å². The fourth-order valence-electron chi connectivity index (χ4n) is 2.28. The Morgan fingerprint density at radius 1 is 1.18 bits per heavy atom. The molecule has 0 unspecified atom stereocenters. The number of nitrogens with zero attached hydrogens (tertiary/aromatic N) is 3. The summed E-state index contributed by atoms with van der Waals surface area (Å²) in [5.74, 6) is -0.197. The van der Waals surface area contributed by atoms with Crippen molar-refractivity contribution in [1.29, 1.82) is 0 Å². The lowest BCUT2D eigenvalue weighted by atomic mass is 10.0. The van der Waals surface area contributed by atoms with Crippen LogP contribution in [0.3, 0.4) is 0 Å². The van der Waals surface area contributed by atoms with Crippen LogP contribution in [0.25, 0.3) is 22.0 Å². The number of carbonyl (C=O) groups excluding carboxylic acids is 1. The van der Waals surface area contributed by atoms with E-state index in [1.54, 1.807) is 18.5 Å². The predicted octanol–water partition coefficient (Wildman–Crippen LogP) is 2.83. The lowest BCUT2D eigenvalue weighted by Gasteiger charge is -2.07. The molecule has 2 heterocycles. The summed E-state index contributed by atoms with van der Waals surface area (Å²) < 4.78 is 0. The Hall–Kier alpha value is -2.82. The minimum absolute atomic E-state index is 0.197. The van der Waals surface area contributed by atoms with Gasteiger partial charge in [-0.05, 0) is 30.2 Å². The smallest absolute Gasteiger partial charge is 0.271 e. The van der Waals surface area contributed by atoms with E-state index in [2.05, 4.69) is 20.5 Å². The standard InChI is InChI=1S/C17H16N4O/c1-2-8-19-17(22)16-10-14-13(12-5-4-9-18-11-12)6-3-7-15(14)20-21-16/h3-7,9-11H,2,8H2,1H3,(H,19,22). The first-order valence-corrected chi connectivity index (χ1v) is 7.24. The molecule has 0 aliphatic heterocycles. The second-order valence-electron chi connectivity index (χ2n) is 4.97. The van der Waals surface area contributed by atoms with Crippen molar-refractivity contribution in [3.05, 3.63) is 54.5 Å². The minimum Gasteiger partial charge on any atom is -0.351 e. The monoisotopic (exact) mass is 292 g/mol. The highest BCUT2D eigenvalue weighted by molar-refractivity contribution is 6.00. The van der Waals surface area contributed by atoms with Crippen molar-refractivity contribution >= 4 is 16.8 Å². The Labute approximate surface area is 128 Å². The number of fused-ring (bicyclic) bond motifs is 1. The molecule has 1 amide bonds. The molecular formula is C17H16N4O. The molecule has 110 valence electrons. The van der Waals surface area contributed by atoms with Crippen molar-refractivity contribution in [2.24, 2.45) is 0 Å². The number of carbonyl (C=O) groups is 1. The Morgan fingerprint density at radius 3 is 2.86 bits per heavy atom. The van der Waals surface area contributed by atoms with Crippen molar-refractivity contribution in [2.75, 3.05) is 6.54 Å². The van der Waals surface area contributed by atoms with Gasteiger partial charge in [0.15, 0.2) is 5.69 Å². The van der Waals surface area contributed by atoms with Crippen LogP contribution in [0.5, 0.6) is 0 Å². The molecule has 5 heteroatoms. The van der Waals surface area contributed by atoms with Gasteiger partial charge in [-0.1, -0.05) is 25.1 Å². The van der Waals surface area contributed by atoms with Crippen molar-refractivity contribution in [1.82, 2.24) is 20.5 Å². The zero-order valence-corrected chi connectivity index (χ0v) is 12.3. The SMILES string of the molecule is CCCNC(=O)c1cc2c(-c3cccnc3)cccc2nn1. The van der Waals surface area contributed by atoms with Crippen molar-refractivity contribution in [3.63, 3.8) is 0 Å². The summed E-state index contributed by atoms with van der Waals surface area (Å²) in [5, 5.41) is 11.9. The molecule has 3 aromatic rings. The summed E-state index contributed by atoms with van der Waals surface area (Å²) in [6, 6.07) is 11.5. The Kier molecular flexibility index (Phi) is 4.05. The van der Waals surface area contributed by atoms with Crippen molar-refractivity contribution in [3.8, 4) is 11.1 Å². The molecule has 0 atom stereocenters. The molecule has 5 nitrogen and oxygen atoms in total. The summed E-state index contributed by atoms with van der Waals surface area (Å²) in [6.07, 6.45) is 4.41. The van der Waals surface area contributed by atoms with Gasteiger partial charge in [0.2, 0.25) is 0 Å². The van der Waals surface area contributed by atoms with E-state index in [0.29, 0.717) is 12.2 Å². The van der Waals surface area contributed by atoms with Gasteiger partial charge in [0.25, 0.3) is 5.91 Å². The number of pyridine rings is 1. The largest absolute Gasteiger partial charge is 0.351 e. The molecule has 3 rings (SSSR count). The molecule has 0 aliphatic carbocycles. The Morgan fingerprint density at radius 2 is 2.09 bits per heavy atom. The highest BCUT2D eigenvalue weighted by Crippen LogP contribution is 2.27. The highest BCUT2D eigenvalue weighted by atomic mass is 16.1. The quantitative estimate of drug-likeness (QED) is 0.803. The first-order chi connectivity index (χ1) is 10.8. The van der Waals surface area contributed by atoms with Gasteiger partial charge in [-0.3, -0.25) is 9.78 Å². The average molecular weight is 292 g/mol. The van der Waals surface area contributed by atoms with E-state index < -0.39 is 0 Å². The van der Waals surface area contributed by atoms with E-state index in [-0.39, 0.29) is 5.91 Å². The molecule has 2 aromatic heterocycles. The van der Waals surface area contributed by atoms with E-state index in [1.165, 1.54) is 0 Å². The summed E-state index contributed by atoms with van der Waals surface area (Å²) in [6.45, 7) is 2.63. The van der Waals surface area contributed by atoms with Gasteiger partial charge in [0.1, 0.15) is 0 Å². The first-order valence-electron chi connectivity index (χ1n) is 7.24. The molecule has 0 spiro atoms. The minimum atomic E-state index is -0.197. The molecule has 0 radical (unpaired) electrons. The molecule has 0 fully saturated rings. The number of benzene rings is 1. The lowest BCUT2D eigenvalue weighted by Crippen LogP contribution is -2.25. The van der Waals surface area contributed by atoms with E-state index in [0.717, 1.165) is 28.5 Å². The van der Waals surface area contributed by atoms with E-state index in [4.69, 9.17) is 0 Å². The highest BCUT2D eigenvalue weighted by Gasteiger charge is 2.11. The number of nitrogens with one attached hydrogen (secondary N) is 1. The lowest BCUT2D eigenvalue weighted by molar-refractivity contribution is 0.0948. The van der Waals surface area contributed by atoms with Crippen LogP contribution in [0, 0.1) is 0 Å². The normalized spacial score (nSPS) is 10.6. The van der Waals surface area contributed by atoms with Crippen LogP contribution in [0.4, 0.5) is 0 Å². The van der Waals surface area contributed by atoms with Crippen LogP contribution in [0.1, 0.15) is 23.8 Å². The van der Waals surface area contributed by atoms with Crippen LogP contribution in [0.2, 0.25) is 0 Å². The predicted molar refractivity (Wildman–Crippen MR) is 85.4 cm³/mol. The van der Waals surface area contributed by atoms with Crippen LogP contribution < -0.4 is 5.32 Å². The van der Waals surface area contributed by atoms with Crippen molar-refractivity contribution in [2.45, 2.75) is 13.3 Å². The molecule has 1 aromatic carbocycles. The first kappa shape index (κ1) is 14.1. The maximum atomic E-state index is 12.1. The van der Waals surface area contributed by atoms with Crippen molar-refractivity contribution < 1.29 is 4.79 Å². The third-order valence-corrected chi connectivity index (χ3v) is 3.37. The maximum absolute atomic E-state index is 12.1. The second-order valence-corrected chi connectivity index (χ2v) is 4.97. The molecular weight excluding hydrogens is 276 g/mol. The van der Waals surface area contributed by atoms with Gasteiger partial charge >= 0.3 is 0 Å². The third kappa shape index (κ3) is 2.79. The zero-order valence-electron chi connectivity index (χ0n) is 12.3. The molecule has 1 N–H and O–H groups in total. The Bertz CT molecular complexity index is 802. The summed E-state index contributed by atoms with van der Waals surface area (Å²) in [4.78, 5) is 16.2. The molecule has 0 saturated carbocycles. The van der Waals surface area contributed by atoms with Gasteiger partial charge in [-0.2, -0.15) is 0 Å². The van der Waals surface area contributed by atoms with Crippen LogP contribution in [-0.2, 0) is 0 Å². The fraction of sp³-hybridized carbons (Fsp3) is 0.176. The zero-order chi connectivity index (χ0) is 15.4. The van der Waals surface area contributed by atoms with Gasteiger partial charge in [-0.15, -0.1) is 10.2 Å². The van der Waals surface area contributed by atoms with Gasteiger partial charge in [0, 0.05) is 29.9 Å². The molecule has 0 saturated heterocycles. The van der Waals surface area contributed by atoms with Gasteiger partial charge in [0.05, 0.1) is 5.52 Å². The second kappa shape index (κ2) is 6.30. The summed E-state index contributed by atoms with van der Waals surface area (Å²) in [5.41, 5.74) is 3.07. The number of rotatable bonds is 4. The summed E-state index contributed by atoms with van der Waals surface area (Å²) in [7, 11) is 0. The molecule has 0 bridgehead atoms. The van der Waals surface area contributed by atoms with Crippen LogP contribution >= 0.6 is 0 Å². The Balaban J connectivity index is 2.08. The van der Waals surface area contributed by atoms with Gasteiger partial charge < -0.3 is 5.32 Å². The summed E-state index contributed by atoms with van der Waals surface area (Å²) >= 11 is 0. The topological polar surface area (TPSA) is 67.8 Å². The number of hydrogen-bond acceptors (Lipinski definition) is 4. The number of amides is 1. The molecule has 0 aliphatic rings. The maximum Gasteiger partial charge on any atom is 0.271 e. The average Bonchev–Trinajstić information content (AvgIpc) is 2.59.